The van der Waals surface area contributed by atoms with Crippen LogP contribution in [-0.4, -0.2) is 68.8 Å². The van der Waals surface area contributed by atoms with Crippen molar-refractivity contribution >= 4 is 23.4 Å². The van der Waals surface area contributed by atoms with Gasteiger partial charge >= 0.3 is 6.03 Å². The molecule has 9 heteroatoms. The van der Waals surface area contributed by atoms with Crippen molar-refractivity contribution in [2.24, 2.45) is 0 Å². The fraction of sp³-hybridized carbons (Fsp3) is 0.409. The molecule has 0 atom stereocenters. The highest BCUT2D eigenvalue weighted by Gasteiger charge is 2.22. The van der Waals surface area contributed by atoms with E-state index in [4.69, 9.17) is 9.47 Å². The number of anilines is 2. The van der Waals surface area contributed by atoms with Crippen molar-refractivity contribution in [3.05, 3.63) is 42.1 Å². The Hall–Kier alpha value is -3.49. The Bertz CT molecular complexity index is 881. The lowest BCUT2D eigenvalue weighted by Crippen LogP contribution is -2.35. The minimum atomic E-state index is -0.254. The number of carbonyl (C=O) groups is 2. The van der Waals surface area contributed by atoms with Crippen molar-refractivity contribution in [3.8, 4) is 11.5 Å². The Balaban J connectivity index is 1.64. The molecule has 1 aromatic heterocycles. The zero-order valence-electron chi connectivity index (χ0n) is 18.2. The monoisotopic (exact) mass is 427 g/mol. The highest BCUT2D eigenvalue weighted by molar-refractivity contribution is 5.95. The minimum absolute atomic E-state index is 0.0477. The first kappa shape index (κ1) is 22.2. The van der Waals surface area contributed by atoms with Crippen LogP contribution in [0.1, 0.15) is 23.7 Å². The molecule has 1 aliphatic heterocycles. The summed E-state index contributed by atoms with van der Waals surface area (Å²) in [6.45, 7) is 5.12. The quantitative estimate of drug-likeness (QED) is 0.736. The molecule has 1 aliphatic rings. The second-order valence-electron chi connectivity index (χ2n) is 7.12. The van der Waals surface area contributed by atoms with E-state index in [1.165, 1.54) is 0 Å². The lowest BCUT2D eigenvalue weighted by molar-refractivity contribution is 0.0766. The summed E-state index contributed by atoms with van der Waals surface area (Å²) >= 11 is 0. The average Bonchev–Trinajstić information content (AvgIpc) is 3.05. The highest BCUT2D eigenvalue weighted by Crippen LogP contribution is 2.24. The third-order valence-electron chi connectivity index (χ3n) is 5.05. The zero-order valence-corrected chi connectivity index (χ0v) is 18.2. The normalized spacial score (nSPS) is 13.9. The summed E-state index contributed by atoms with van der Waals surface area (Å²) in [4.78, 5) is 33.2. The van der Waals surface area contributed by atoms with Gasteiger partial charge in [0.2, 0.25) is 0 Å². The number of hydrogen-bond acceptors (Lipinski definition) is 6. The number of ether oxygens (including phenoxy) is 2. The standard InChI is InChI=1S/C22H29N5O4/c1-4-23-22(29)25-17-6-7-20(24-15-17)26-8-5-9-27(11-10-26)21(28)16-12-18(30-2)14-19(13-16)31-3/h6-7,12-15H,4-5,8-11H2,1-3H3,(H2,23,25,29). The molecule has 2 aromatic rings. The minimum Gasteiger partial charge on any atom is -0.497 e. The third-order valence-corrected chi connectivity index (χ3v) is 5.05. The molecule has 3 amide bonds. The number of nitrogens with zero attached hydrogens (tertiary/aromatic N) is 3. The lowest BCUT2D eigenvalue weighted by atomic mass is 10.1. The predicted octanol–water partition coefficient (Wildman–Crippen LogP) is 2.59. The second kappa shape index (κ2) is 10.5. The SMILES string of the molecule is CCNC(=O)Nc1ccc(N2CCCN(C(=O)c3cc(OC)cc(OC)c3)CC2)nc1. The molecule has 0 bridgehead atoms. The molecule has 31 heavy (non-hydrogen) atoms. The molecule has 3 rings (SSSR count). The van der Waals surface area contributed by atoms with Crippen molar-refractivity contribution in [3.63, 3.8) is 0 Å². The first-order valence-corrected chi connectivity index (χ1v) is 10.3. The van der Waals surface area contributed by atoms with E-state index in [0.717, 1.165) is 18.8 Å². The Kier molecular flexibility index (Phi) is 7.53. The molecule has 166 valence electrons. The van der Waals surface area contributed by atoms with Gasteiger partial charge in [-0.25, -0.2) is 9.78 Å². The largest absolute Gasteiger partial charge is 0.497 e. The number of urea groups is 1. The van der Waals surface area contributed by atoms with Gasteiger partial charge in [-0.2, -0.15) is 0 Å². The molecule has 1 saturated heterocycles. The van der Waals surface area contributed by atoms with Crippen molar-refractivity contribution in [1.29, 1.82) is 0 Å². The summed E-state index contributed by atoms with van der Waals surface area (Å²) in [6, 6.07) is 8.66. The molecular weight excluding hydrogens is 398 g/mol. The Morgan fingerprint density at radius 2 is 1.77 bits per heavy atom. The van der Waals surface area contributed by atoms with E-state index in [9.17, 15) is 9.59 Å². The van der Waals surface area contributed by atoms with E-state index in [2.05, 4.69) is 20.5 Å². The van der Waals surface area contributed by atoms with Crippen LogP contribution in [0.25, 0.3) is 0 Å². The fourth-order valence-electron chi connectivity index (χ4n) is 3.45. The van der Waals surface area contributed by atoms with E-state index < -0.39 is 0 Å². The Labute approximate surface area is 182 Å². The molecule has 0 aliphatic carbocycles. The van der Waals surface area contributed by atoms with Crippen LogP contribution in [-0.2, 0) is 0 Å². The summed E-state index contributed by atoms with van der Waals surface area (Å²) in [5.74, 6) is 1.95. The molecule has 0 spiro atoms. The number of carbonyl (C=O) groups excluding carboxylic acids is 2. The maximum absolute atomic E-state index is 13.1. The van der Waals surface area contributed by atoms with Crippen LogP contribution in [0.5, 0.6) is 11.5 Å². The molecule has 0 radical (unpaired) electrons. The van der Waals surface area contributed by atoms with Gasteiger partial charge < -0.3 is 29.9 Å². The van der Waals surface area contributed by atoms with E-state index >= 15 is 0 Å². The first-order chi connectivity index (χ1) is 15.0. The number of methoxy groups -OCH3 is 2. The summed E-state index contributed by atoms with van der Waals surface area (Å²) in [7, 11) is 3.13. The number of aromatic nitrogens is 1. The molecule has 0 unspecified atom stereocenters. The molecule has 0 saturated carbocycles. The average molecular weight is 428 g/mol. The van der Waals surface area contributed by atoms with Crippen molar-refractivity contribution in [2.75, 3.05) is 57.2 Å². The van der Waals surface area contributed by atoms with Gasteiger partial charge in [0, 0.05) is 44.4 Å². The number of hydrogen-bond donors (Lipinski definition) is 2. The maximum atomic E-state index is 13.1. The summed E-state index contributed by atoms with van der Waals surface area (Å²) < 4.78 is 10.6. The highest BCUT2D eigenvalue weighted by atomic mass is 16.5. The predicted molar refractivity (Wildman–Crippen MR) is 119 cm³/mol. The summed E-state index contributed by atoms with van der Waals surface area (Å²) in [6.07, 6.45) is 2.47. The van der Waals surface area contributed by atoms with Crippen LogP contribution in [0.2, 0.25) is 0 Å². The topological polar surface area (TPSA) is 96.0 Å². The zero-order chi connectivity index (χ0) is 22.2. The number of rotatable bonds is 6. The van der Waals surface area contributed by atoms with E-state index in [-0.39, 0.29) is 11.9 Å². The van der Waals surface area contributed by atoms with E-state index in [1.54, 1.807) is 38.6 Å². The first-order valence-electron chi connectivity index (χ1n) is 10.3. The smallest absolute Gasteiger partial charge is 0.319 e. The Morgan fingerprint density at radius 3 is 2.39 bits per heavy atom. The van der Waals surface area contributed by atoms with Gasteiger partial charge in [0.05, 0.1) is 26.1 Å². The van der Waals surface area contributed by atoms with Crippen LogP contribution in [0.4, 0.5) is 16.3 Å². The van der Waals surface area contributed by atoms with Crippen molar-refractivity contribution in [1.82, 2.24) is 15.2 Å². The Morgan fingerprint density at radius 1 is 1.03 bits per heavy atom. The number of amides is 3. The summed E-state index contributed by atoms with van der Waals surface area (Å²) in [5.41, 5.74) is 1.18. The molecular formula is C22H29N5O4. The molecule has 9 nitrogen and oxygen atoms in total. The van der Waals surface area contributed by atoms with Crippen molar-refractivity contribution < 1.29 is 19.1 Å². The van der Waals surface area contributed by atoms with Gasteiger partial charge in [0.1, 0.15) is 17.3 Å². The molecule has 1 aromatic carbocycles. The van der Waals surface area contributed by atoms with Crippen molar-refractivity contribution in [2.45, 2.75) is 13.3 Å². The number of nitrogens with one attached hydrogen (secondary N) is 2. The molecule has 2 N–H and O–H groups in total. The second-order valence-corrected chi connectivity index (χ2v) is 7.12. The molecule has 2 heterocycles. The van der Waals surface area contributed by atoms with Crippen LogP contribution in [0.3, 0.4) is 0 Å². The van der Waals surface area contributed by atoms with Gasteiger partial charge in [-0.1, -0.05) is 0 Å². The number of pyridine rings is 1. The summed E-state index contributed by atoms with van der Waals surface area (Å²) in [5, 5.41) is 5.42. The van der Waals surface area contributed by atoms with Gasteiger partial charge in [-0.15, -0.1) is 0 Å². The third kappa shape index (κ3) is 5.78. The lowest BCUT2D eigenvalue weighted by Gasteiger charge is -2.23. The van der Waals surface area contributed by atoms with Crippen LogP contribution in [0.15, 0.2) is 36.5 Å². The maximum Gasteiger partial charge on any atom is 0.319 e. The van der Waals surface area contributed by atoms with Gasteiger partial charge in [0.25, 0.3) is 5.91 Å². The van der Waals surface area contributed by atoms with E-state index in [0.29, 0.717) is 48.9 Å². The fourth-order valence-corrected chi connectivity index (χ4v) is 3.45. The number of benzene rings is 1. The van der Waals surface area contributed by atoms with Crippen LogP contribution in [0, 0.1) is 0 Å². The van der Waals surface area contributed by atoms with Gasteiger partial charge in [0.15, 0.2) is 0 Å². The van der Waals surface area contributed by atoms with Gasteiger partial charge in [-0.3, -0.25) is 4.79 Å². The van der Waals surface area contributed by atoms with E-state index in [1.807, 2.05) is 24.0 Å². The van der Waals surface area contributed by atoms with Crippen LogP contribution < -0.4 is 25.0 Å². The van der Waals surface area contributed by atoms with Crippen LogP contribution >= 0.6 is 0 Å². The molecule has 1 fully saturated rings. The van der Waals surface area contributed by atoms with Gasteiger partial charge in [-0.05, 0) is 37.6 Å².